The summed E-state index contributed by atoms with van der Waals surface area (Å²) in [6, 6.07) is 20.2. The number of aromatic nitrogens is 4. The molecule has 0 radical (unpaired) electrons. The molecule has 0 amide bonds. The van der Waals surface area contributed by atoms with Crippen molar-refractivity contribution in [2.75, 3.05) is 0 Å². The van der Waals surface area contributed by atoms with E-state index < -0.39 is 18.7 Å². The fraction of sp³-hybridized carbons (Fsp3) is 0.211. The number of aryl methyl sites for hydroxylation is 1. The first-order valence-electron chi connectivity index (χ1n) is 8.24. The molecule has 0 N–H and O–H groups in total. The second-order valence-corrected chi connectivity index (χ2v) is 20.5. The minimum Gasteiger partial charge on any atom is -0.0623 e. The molecular weight excluding hydrogens is 419 g/mol. The van der Waals surface area contributed by atoms with Crippen molar-refractivity contribution in [3.8, 4) is 11.6 Å². The molecule has 0 aliphatic heterocycles. The van der Waals surface area contributed by atoms with Gasteiger partial charge in [0.25, 0.3) is 0 Å². The summed E-state index contributed by atoms with van der Waals surface area (Å²) >= 11 is -2.40. The molecule has 0 aliphatic carbocycles. The van der Waals surface area contributed by atoms with Crippen molar-refractivity contribution in [3.05, 3.63) is 66.2 Å². The van der Waals surface area contributed by atoms with E-state index >= 15 is 0 Å². The molecular formula is C19H22N4OSn. The predicted octanol–water partition coefficient (Wildman–Crippen LogP) is 4.76. The second-order valence-electron chi connectivity index (χ2n) is 6.89. The monoisotopic (exact) mass is 442 g/mol. The standard InChI is InChI=1S/C10H7N4O.C6H6.3CH3.Sn/c1-6-2-3-8-7(4-6)5-9(15-8)10-11-13-14-12-10;1-2-4-6-5-3-1;;;;/h2-5H,1H3;1-6H;3*1H3;/q-1;;;;;+1. The summed E-state index contributed by atoms with van der Waals surface area (Å²) in [6.45, 7) is 2.07. The van der Waals surface area contributed by atoms with Crippen molar-refractivity contribution in [1.29, 1.82) is 0 Å². The first kappa shape index (κ1) is 17.7. The van der Waals surface area contributed by atoms with E-state index in [2.05, 4.69) is 43.3 Å². The molecule has 2 aromatic carbocycles. The zero-order valence-corrected chi connectivity index (χ0v) is 17.8. The van der Waals surface area contributed by atoms with Gasteiger partial charge < -0.3 is 0 Å². The normalized spacial score (nSPS) is 11.2. The maximum Gasteiger partial charge on any atom is -0.0623 e. The molecule has 0 unspecified atom stereocenters. The summed E-state index contributed by atoms with van der Waals surface area (Å²) in [6.07, 6.45) is 0. The largest absolute Gasteiger partial charge is 0.0623 e. The van der Waals surface area contributed by atoms with E-state index in [9.17, 15) is 0 Å². The number of rotatable bonds is 2. The molecule has 0 aliphatic rings. The molecule has 0 saturated carbocycles. The van der Waals surface area contributed by atoms with Gasteiger partial charge in [-0.1, -0.05) is 36.4 Å². The van der Waals surface area contributed by atoms with Crippen LogP contribution in [0.2, 0.25) is 14.8 Å². The van der Waals surface area contributed by atoms with Crippen LogP contribution in [0.3, 0.4) is 0 Å². The minimum absolute atomic E-state index is 0.747. The van der Waals surface area contributed by atoms with Gasteiger partial charge in [0.05, 0.1) is 0 Å². The van der Waals surface area contributed by atoms with E-state index in [0.717, 1.165) is 22.6 Å². The fourth-order valence-corrected chi connectivity index (χ4v) is 5.59. The second kappa shape index (κ2) is 7.39. The molecule has 25 heavy (non-hydrogen) atoms. The van der Waals surface area contributed by atoms with Gasteiger partial charge >= 0.3 is 116 Å². The molecule has 5 nitrogen and oxygen atoms in total. The Morgan fingerprint density at radius 2 is 1.56 bits per heavy atom. The summed E-state index contributed by atoms with van der Waals surface area (Å²) in [5.74, 6) is 1.49. The third kappa shape index (κ3) is 4.28. The Balaban J connectivity index is 0.000000258. The average Bonchev–Trinajstić information content (AvgIpc) is 3.22. The van der Waals surface area contributed by atoms with Crippen molar-refractivity contribution < 1.29 is 4.42 Å². The van der Waals surface area contributed by atoms with Gasteiger partial charge in [0.15, 0.2) is 0 Å². The van der Waals surface area contributed by atoms with Gasteiger partial charge in [0.1, 0.15) is 0 Å². The van der Waals surface area contributed by atoms with Gasteiger partial charge in [-0.2, -0.15) is 0 Å². The third-order valence-corrected chi connectivity index (χ3v) is 8.15. The Morgan fingerprint density at radius 3 is 2.16 bits per heavy atom. The Hall–Kier alpha value is -2.15. The summed E-state index contributed by atoms with van der Waals surface area (Å²) in [5, 5.41) is 13.2. The van der Waals surface area contributed by atoms with E-state index in [1.54, 1.807) is 0 Å². The molecule has 0 atom stereocenters. The fourth-order valence-electron chi connectivity index (χ4n) is 2.45. The van der Waals surface area contributed by atoms with E-state index in [1.165, 1.54) is 5.56 Å². The van der Waals surface area contributed by atoms with Gasteiger partial charge in [0, 0.05) is 0 Å². The Kier molecular flexibility index (Phi) is 5.22. The Bertz CT molecular complexity index is 928. The van der Waals surface area contributed by atoms with Gasteiger partial charge in [-0.05, 0) is 0 Å². The Morgan fingerprint density at radius 1 is 0.920 bits per heavy atom. The molecule has 2 aromatic heterocycles. The zero-order valence-electron chi connectivity index (χ0n) is 15.0. The van der Waals surface area contributed by atoms with Crippen LogP contribution in [0.15, 0.2) is 65.1 Å². The summed E-state index contributed by atoms with van der Waals surface area (Å²) < 4.78 is 7.86. The maximum atomic E-state index is 5.87. The van der Waals surface area contributed by atoms with E-state index in [-0.39, 0.29) is 0 Å². The van der Waals surface area contributed by atoms with Crippen LogP contribution in [0.25, 0.3) is 22.6 Å². The topological polar surface area (TPSA) is 56.7 Å². The first-order chi connectivity index (χ1) is 11.9. The Labute approximate surface area is 151 Å². The number of fused-ring (bicyclic) bond motifs is 1. The molecule has 4 rings (SSSR count). The number of tetrazole rings is 1. The van der Waals surface area contributed by atoms with Crippen LogP contribution in [-0.2, 0) is 0 Å². The van der Waals surface area contributed by atoms with Crippen molar-refractivity contribution in [2.45, 2.75) is 21.7 Å². The van der Waals surface area contributed by atoms with Crippen LogP contribution >= 0.6 is 0 Å². The number of furan rings is 1. The molecule has 2 heterocycles. The van der Waals surface area contributed by atoms with Crippen LogP contribution in [-0.4, -0.2) is 37.1 Å². The molecule has 0 spiro atoms. The summed E-state index contributed by atoms with van der Waals surface area (Å²) in [7, 11) is 0. The third-order valence-electron chi connectivity index (χ3n) is 3.66. The maximum absolute atomic E-state index is 5.87. The van der Waals surface area contributed by atoms with Crippen molar-refractivity contribution >= 4 is 29.6 Å². The molecule has 6 heteroatoms. The van der Waals surface area contributed by atoms with Gasteiger partial charge in [-0.25, -0.2) is 0 Å². The molecule has 0 fully saturated rings. The van der Waals surface area contributed by atoms with Crippen molar-refractivity contribution in [2.24, 2.45) is 0 Å². The van der Waals surface area contributed by atoms with E-state index in [4.69, 9.17) is 4.42 Å². The van der Waals surface area contributed by atoms with E-state index in [1.807, 2.05) is 57.5 Å². The summed E-state index contributed by atoms with van der Waals surface area (Å²) in [4.78, 5) is 6.80. The first-order valence-corrected chi connectivity index (χ1v) is 18.1. The van der Waals surface area contributed by atoms with Gasteiger partial charge in [0.2, 0.25) is 0 Å². The van der Waals surface area contributed by atoms with Crippen LogP contribution < -0.4 is 0 Å². The number of benzene rings is 2. The zero-order chi connectivity index (χ0) is 17.9. The van der Waals surface area contributed by atoms with Gasteiger partial charge in [-0.15, -0.1) is 0 Å². The number of nitrogens with zero attached hydrogens (tertiary/aromatic N) is 4. The van der Waals surface area contributed by atoms with Crippen LogP contribution in [0.1, 0.15) is 5.56 Å². The van der Waals surface area contributed by atoms with Crippen LogP contribution in [0.5, 0.6) is 0 Å². The van der Waals surface area contributed by atoms with Gasteiger partial charge in [-0.3, -0.25) is 0 Å². The van der Waals surface area contributed by atoms with Crippen LogP contribution in [0.4, 0.5) is 0 Å². The van der Waals surface area contributed by atoms with Crippen LogP contribution in [0, 0.1) is 6.92 Å². The predicted molar refractivity (Wildman–Crippen MR) is 103 cm³/mol. The number of hydrogen-bond acceptors (Lipinski definition) is 4. The smallest absolute Gasteiger partial charge is 0.0623 e. The molecule has 4 aromatic rings. The summed E-state index contributed by atoms with van der Waals surface area (Å²) in [5.41, 5.74) is 2.09. The molecule has 128 valence electrons. The average molecular weight is 441 g/mol. The van der Waals surface area contributed by atoms with E-state index in [0.29, 0.717) is 0 Å². The minimum atomic E-state index is -2.40. The van der Waals surface area contributed by atoms with Crippen molar-refractivity contribution in [3.63, 3.8) is 0 Å². The quantitative estimate of drug-likeness (QED) is 0.421. The molecule has 0 bridgehead atoms. The number of hydrogen-bond donors (Lipinski definition) is 0. The van der Waals surface area contributed by atoms with Crippen molar-refractivity contribution in [1.82, 2.24) is 18.4 Å². The SMILES string of the molecule is Cc1ccc2oc(-c3nnn[n]3[Sn]([CH3])([CH3])[CH3])cc2c1.c1ccccc1. The molecule has 0 saturated heterocycles.